The Labute approximate surface area is 128 Å². The minimum atomic E-state index is 0.654. The second-order valence-corrected chi connectivity index (χ2v) is 5.89. The summed E-state index contributed by atoms with van der Waals surface area (Å²) in [7, 11) is 0. The van der Waals surface area contributed by atoms with E-state index in [2.05, 4.69) is 74.2 Å². The highest BCUT2D eigenvalue weighted by Gasteiger charge is 2.01. The summed E-state index contributed by atoms with van der Waals surface area (Å²) < 4.78 is 2.14. The molecule has 0 unspecified atom stereocenters. The summed E-state index contributed by atoms with van der Waals surface area (Å²) in [6.45, 7) is 0.765. The molecule has 0 fully saturated rings. The van der Waals surface area contributed by atoms with E-state index in [4.69, 9.17) is 5.26 Å². The maximum Gasteiger partial charge on any atom is 0.0992 e. The first-order valence-electron chi connectivity index (χ1n) is 5.37. The summed E-state index contributed by atoms with van der Waals surface area (Å²) in [5, 5.41) is 12.1. The highest BCUT2D eigenvalue weighted by Crippen LogP contribution is 2.24. The second-order valence-electron chi connectivity index (χ2n) is 3.79. The Morgan fingerprint density at radius 3 is 2.50 bits per heavy atom. The number of halogens is 2. The van der Waals surface area contributed by atoms with Crippen LogP contribution in [0, 0.1) is 14.9 Å². The highest BCUT2D eigenvalue weighted by molar-refractivity contribution is 14.1. The number of nitrogens with zero attached hydrogens (tertiary/aromatic N) is 1. The van der Waals surface area contributed by atoms with E-state index in [-0.39, 0.29) is 0 Å². The number of hydrogen-bond acceptors (Lipinski definition) is 2. The molecule has 18 heavy (non-hydrogen) atoms. The van der Waals surface area contributed by atoms with Gasteiger partial charge in [-0.3, -0.25) is 0 Å². The standard InChI is InChI=1S/C14H10BrIN2/c15-13-7-11(8-17)3-6-14(13)18-9-10-1-4-12(16)5-2-10/h1-7,18H,9H2. The zero-order valence-corrected chi connectivity index (χ0v) is 13.2. The topological polar surface area (TPSA) is 35.8 Å². The van der Waals surface area contributed by atoms with Crippen LogP contribution in [-0.4, -0.2) is 0 Å². The van der Waals surface area contributed by atoms with Crippen LogP contribution in [0.15, 0.2) is 46.9 Å². The van der Waals surface area contributed by atoms with E-state index in [0.717, 1.165) is 16.7 Å². The minimum Gasteiger partial charge on any atom is -0.380 e. The molecule has 1 N–H and O–H groups in total. The predicted molar refractivity (Wildman–Crippen MR) is 85.3 cm³/mol. The van der Waals surface area contributed by atoms with E-state index in [1.165, 1.54) is 9.13 Å². The van der Waals surface area contributed by atoms with Gasteiger partial charge in [-0.15, -0.1) is 0 Å². The zero-order chi connectivity index (χ0) is 13.0. The SMILES string of the molecule is N#Cc1ccc(NCc2ccc(I)cc2)c(Br)c1. The number of hydrogen-bond donors (Lipinski definition) is 1. The molecular weight excluding hydrogens is 403 g/mol. The molecule has 0 amide bonds. The molecule has 0 aliphatic rings. The van der Waals surface area contributed by atoms with Crippen molar-refractivity contribution >= 4 is 44.2 Å². The second kappa shape index (κ2) is 6.21. The van der Waals surface area contributed by atoms with E-state index in [9.17, 15) is 0 Å². The van der Waals surface area contributed by atoms with Crippen LogP contribution in [-0.2, 0) is 6.54 Å². The Morgan fingerprint density at radius 2 is 1.89 bits per heavy atom. The van der Waals surface area contributed by atoms with Gasteiger partial charge in [-0.1, -0.05) is 12.1 Å². The monoisotopic (exact) mass is 412 g/mol. The fraction of sp³-hybridized carbons (Fsp3) is 0.0714. The molecule has 0 atom stereocenters. The summed E-state index contributed by atoms with van der Waals surface area (Å²) in [5.74, 6) is 0. The number of benzene rings is 2. The third-order valence-corrected chi connectivity index (χ3v) is 3.87. The largest absolute Gasteiger partial charge is 0.380 e. The molecule has 2 aromatic carbocycles. The van der Waals surface area contributed by atoms with Gasteiger partial charge in [0.05, 0.1) is 11.6 Å². The van der Waals surface area contributed by atoms with E-state index in [1.807, 2.05) is 12.1 Å². The maximum atomic E-state index is 8.79. The van der Waals surface area contributed by atoms with Gasteiger partial charge in [0.25, 0.3) is 0 Å². The quantitative estimate of drug-likeness (QED) is 0.751. The van der Waals surface area contributed by atoms with Gasteiger partial charge in [0.2, 0.25) is 0 Å². The Balaban J connectivity index is 2.06. The molecule has 0 heterocycles. The first kappa shape index (κ1) is 13.4. The molecule has 0 radical (unpaired) electrons. The van der Waals surface area contributed by atoms with Crippen molar-refractivity contribution in [2.75, 3.05) is 5.32 Å². The molecule has 0 aliphatic heterocycles. The highest BCUT2D eigenvalue weighted by atomic mass is 127. The van der Waals surface area contributed by atoms with Crippen molar-refractivity contribution in [3.05, 3.63) is 61.6 Å². The number of nitrogens with one attached hydrogen (secondary N) is 1. The van der Waals surface area contributed by atoms with Crippen LogP contribution < -0.4 is 5.32 Å². The summed E-state index contributed by atoms with van der Waals surface area (Å²) in [5.41, 5.74) is 2.88. The van der Waals surface area contributed by atoms with Crippen molar-refractivity contribution < 1.29 is 0 Å². The lowest BCUT2D eigenvalue weighted by molar-refractivity contribution is 1.14. The molecule has 4 heteroatoms. The van der Waals surface area contributed by atoms with Gasteiger partial charge in [0.1, 0.15) is 0 Å². The van der Waals surface area contributed by atoms with Crippen molar-refractivity contribution in [2.24, 2.45) is 0 Å². The van der Waals surface area contributed by atoms with Crippen molar-refractivity contribution in [3.63, 3.8) is 0 Å². The van der Waals surface area contributed by atoms with Crippen LogP contribution >= 0.6 is 38.5 Å². The average molecular weight is 413 g/mol. The summed E-state index contributed by atoms with van der Waals surface area (Å²) in [4.78, 5) is 0. The minimum absolute atomic E-state index is 0.654. The smallest absolute Gasteiger partial charge is 0.0992 e. The third-order valence-electron chi connectivity index (χ3n) is 2.49. The van der Waals surface area contributed by atoms with Gasteiger partial charge in [0, 0.05) is 20.3 Å². The Morgan fingerprint density at radius 1 is 1.17 bits per heavy atom. The third kappa shape index (κ3) is 3.47. The molecule has 2 aromatic rings. The van der Waals surface area contributed by atoms with Gasteiger partial charge >= 0.3 is 0 Å². The summed E-state index contributed by atoms with van der Waals surface area (Å²) >= 11 is 5.75. The first-order chi connectivity index (χ1) is 8.69. The van der Waals surface area contributed by atoms with Crippen LogP contribution in [0.2, 0.25) is 0 Å². The molecule has 2 rings (SSSR count). The van der Waals surface area contributed by atoms with Crippen LogP contribution in [0.25, 0.3) is 0 Å². The fourth-order valence-electron chi connectivity index (χ4n) is 1.53. The van der Waals surface area contributed by atoms with Gasteiger partial charge in [-0.2, -0.15) is 5.26 Å². The van der Waals surface area contributed by atoms with Gasteiger partial charge < -0.3 is 5.32 Å². The molecule has 0 bridgehead atoms. The lowest BCUT2D eigenvalue weighted by atomic mass is 10.2. The Hall–Kier alpha value is -1.06. The number of anilines is 1. The molecule has 90 valence electrons. The molecular formula is C14H10BrIN2. The molecule has 0 aliphatic carbocycles. The Bertz CT molecular complexity index is 588. The number of nitriles is 1. The lowest BCUT2D eigenvalue weighted by Crippen LogP contribution is -2.00. The van der Waals surface area contributed by atoms with Crippen LogP contribution in [0.5, 0.6) is 0 Å². The van der Waals surface area contributed by atoms with Gasteiger partial charge in [-0.25, -0.2) is 0 Å². The van der Waals surface area contributed by atoms with E-state index in [0.29, 0.717) is 5.56 Å². The molecule has 0 saturated carbocycles. The molecule has 2 nitrogen and oxygen atoms in total. The Kier molecular flexibility index (Phi) is 4.61. The molecule has 0 saturated heterocycles. The molecule has 0 spiro atoms. The van der Waals surface area contributed by atoms with Crippen molar-refractivity contribution in [2.45, 2.75) is 6.54 Å². The maximum absolute atomic E-state index is 8.79. The lowest BCUT2D eigenvalue weighted by Gasteiger charge is -2.09. The average Bonchev–Trinajstić information content (AvgIpc) is 2.39. The van der Waals surface area contributed by atoms with E-state index < -0.39 is 0 Å². The van der Waals surface area contributed by atoms with Gasteiger partial charge in [0.15, 0.2) is 0 Å². The van der Waals surface area contributed by atoms with Crippen LogP contribution in [0.4, 0.5) is 5.69 Å². The number of rotatable bonds is 3. The summed E-state index contributed by atoms with van der Waals surface area (Å²) in [6, 6.07) is 16.0. The van der Waals surface area contributed by atoms with E-state index >= 15 is 0 Å². The predicted octanol–water partition coefficient (Wildman–Crippen LogP) is 4.54. The first-order valence-corrected chi connectivity index (χ1v) is 7.24. The normalized spacial score (nSPS) is 9.83. The van der Waals surface area contributed by atoms with E-state index in [1.54, 1.807) is 6.07 Å². The summed E-state index contributed by atoms with van der Waals surface area (Å²) in [6.07, 6.45) is 0. The molecule has 0 aromatic heterocycles. The zero-order valence-electron chi connectivity index (χ0n) is 9.45. The van der Waals surface area contributed by atoms with Crippen LogP contribution in [0.1, 0.15) is 11.1 Å². The van der Waals surface area contributed by atoms with Gasteiger partial charge in [-0.05, 0) is 74.4 Å². The van der Waals surface area contributed by atoms with Crippen molar-refractivity contribution in [3.8, 4) is 6.07 Å². The fourth-order valence-corrected chi connectivity index (χ4v) is 2.41. The van der Waals surface area contributed by atoms with Crippen molar-refractivity contribution in [1.82, 2.24) is 0 Å². The van der Waals surface area contributed by atoms with Crippen LogP contribution in [0.3, 0.4) is 0 Å². The van der Waals surface area contributed by atoms with Crippen molar-refractivity contribution in [1.29, 1.82) is 5.26 Å².